The first kappa shape index (κ1) is 25.6. The number of carbonyl (C=O) groups excluding carboxylic acids is 1. The van der Waals surface area contributed by atoms with Crippen molar-refractivity contribution < 1.29 is 4.79 Å². The second kappa shape index (κ2) is 10.1. The van der Waals surface area contributed by atoms with Crippen LogP contribution in [0.4, 0.5) is 5.69 Å². The first-order valence-electron chi connectivity index (χ1n) is 11.7. The first-order valence-corrected chi connectivity index (χ1v) is 12.0. The quantitative estimate of drug-likeness (QED) is 0.224. The van der Waals surface area contributed by atoms with Crippen LogP contribution in [0.5, 0.6) is 0 Å². The van der Waals surface area contributed by atoms with E-state index in [1.54, 1.807) is 0 Å². The number of Topliss-reactive ketones (excluding diaryl/α,β-unsaturated/α-hetero) is 1. The third-order valence-corrected chi connectivity index (χ3v) is 6.17. The zero-order valence-electron chi connectivity index (χ0n) is 21.0. The van der Waals surface area contributed by atoms with Crippen LogP contribution in [-0.2, 0) is 5.41 Å². The van der Waals surface area contributed by atoms with E-state index in [0.717, 1.165) is 22.4 Å². The number of aliphatic imine (C=N–C) groups is 1. The Morgan fingerprint density at radius 2 is 1.50 bits per heavy atom. The van der Waals surface area contributed by atoms with Gasteiger partial charge in [0.05, 0.1) is 17.5 Å². The normalized spacial score (nSPS) is 12.2. The van der Waals surface area contributed by atoms with E-state index < -0.39 is 5.41 Å². The standard InChI is InChI=1S/C29H33ClN2O2/c1-17(2)20-14-11-15-21(18(3)4)26(20)31-16-22(33)24-23(19-12-9-8-10-13-19)25(29(5,6)7)28(34)32-27(24)30/h8-18H,1-7H3,(H,32,34). The fraction of sp³-hybridized carbons (Fsp3) is 0.345. The molecule has 0 radical (unpaired) electrons. The number of hydrogen-bond donors (Lipinski definition) is 1. The number of nitrogens with one attached hydrogen (secondary N) is 1. The lowest BCUT2D eigenvalue weighted by Gasteiger charge is -2.24. The van der Waals surface area contributed by atoms with Gasteiger partial charge in [-0.2, -0.15) is 0 Å². The molecule has 1 N–H and O–H groups in total. The molecule has 3 rings (SSSR count). The van der Waals surface area contributed by atoms with Crippen LogP contribution in [0.15, 0.2) is 58.3 Å². The number of pyridine rings is 1. The highest BCUT2D eigenvalue weighted by atomic mass is 35.5. The predicted molar refractivity (Wildman–Crippen MR) is 143 cm³/mol. The van der Waals surface area contributed by atoms with Crippen LogP contribution in [0, 0.1) is 0 Å². The van der Waals surface area contributed by atoms with Gasteiger partial charge in [-0.1, -0.05) is 109 Å². The molecule has 0 atom stereocenters. The SMILES string of the molecule is CC(C)c1cccc(C(C)C)c1N=CC(=O)c1c(Cl)[nH]c(=O)c(C(C)(C)C)c1-c1ccccc1. The largest absolute Gasteiger partial charge is 0.312 e. The zero-order valence-corrected chi connectivity index (χ0v) is 21.7. The van der Waals surface area contributed by atoms with Crippen molar-refractivity contribution in [3.05, 3.63) is 86.3 Å². The Bertz CT molecular complexity index is 1250. The molecule has 0 saturated heterocycles. The minimum absolute atomic E-state index is 0.0227. The number of carbonyl (C=O) groups is 1. The summed E-state index contributed by atoms with van der Waals surface area (Å²) in [5.74, 6) is 0.161. The molecule has 1 aromatic heterocycles. The number of aromatic amines is 1. The van der Waals surface area contributed by atoms with Crippen molar-refractivity contribution in [1.82, 2.24) is 4.98 Å². The number of H-pyrrole nitrogens is 1. The molecule has 0 aliphatic carbocycles. The highest BCUT2D eigenvalue weighted by Crippen LogP contribution is 2.37. The second-order valence-corrected chi connectivity index (χ2v) is 10.6. The van der Waals surface area contributed by atoms with Gasteiger partial charge in [0.2, 0.25) is 5.78 Å². The van der Waals surface area contributed by atoms with Crippen LogP contribution < -0.4 is 5.56 Å². The highest BCUT2D eigenvalue weighted by molar-refractivity contribution is 6.43. The third-order valence-electron chi connectivity index (χ3n) is 5.88. The predicted octanol–water partition coefficient (Wildman–Crippen LogP) is 7.82. The molecule has 0 spiro atoms. The van der Waals surface area contributed by atoms with Crippen LogP contribution in [0.25, 0.3) is 11.1 Å². The number of nitrogens with zero attached hydrogens (tertiary/aromatic N) is 1. The van der Waals surface area contributed by atoms with Crippen molar-refractivity contribution in [2.45, 2.75) is 65.7 Å². The molecule has 0 saturated carbocycles. The Morgan fingerprint density at radius 1 is 0.941 bits per heavy atom. The molecule has 0 fully saturated rings. The van der Waals surface area contributed by atoms with Crippen LogP contribution in [0.1, 0.15) is 87.4 Å². The fourth-order valence-electron chi connectivity index (χ4n) is 4.26. The summed E-state index contributed by atoms with van der Waals surface area (Å²) in [4.78, 5) is 34.0. The first-order chi connectivity index (χ1) is 15.9. The molecule has 0 aliphatic rings. The molecule has 178 valence electrons. The van der Waals surface area contributed by atoms with Crippen molar-refractivity contribution >= 4 is 29.3 Å². The van der Waals surface area contributed by atoms with Crippen molar-refractivity contribution in [3.63, 3.8) is 0 Å². The van der Waals surface area contributed by atoms with Gasteiger partial charge in [0, 0.05) is 11.1 Å². The van der Waals surface area contributed by atoms with Crippen molar-refractivity contribution in [1.29, 1.82) is 0 Å². The van der Waals surface area contributed by atoms with E-state index in [-0.39, 0.29) is 33.9 Å². The molecule has 4 nitrogen and oxygen atoms in total. The summed E-state index contributed by atoms with van der Waals surface area (Å²) in [6, 6.07) is 15.6. The summed E-state index contributed by atoms with van der Waals surface area (Å²) in [6.45, 7) is 14.3. The summed E-state index contributed by atoms with van der Waals surface area (Å²) in [6.07, 6.45) is 1.34. The molecule has 0 unspecified atom stereocenters. The smallest absolute Gasteiger partial charge is 0.253 e. The van der Waals surface area contributed by atoms with Gasteiger partial charge in [0.1, 0.15) is 5.15 Å². The van der Waals surface area contributed by atoms with Gasteiger partial charge in [0.25, 0.3) is 5.56 Å². The molecule has 1 heterocycles. The molecular weight excluding hydrogens is 444 g/mol. The number of ketones is 1. The summed E-state index contributed by atoms with van der Waals surface area (Å²) in [5.41, 5.74) is 4.28. The van der Waals surface area contributed by atoms with Crippen LogP contribution in [-0.4, -0.2) is 17.0 Å². The Labute approximate surface area is 207 Å². The Balaban J connectivity index is 2.26. The maximum absolute atomic E-state index is 13.6. The minimum Gasteiger partial charge on any atom is -0.312 e. The van der Waals surface area contributed by atoms with E-state index in [4.69, 9.17) is 11.6 Å². The van der Waals surface area contributed by atoms with E-state index in [0.29, 0.717) is 11.1 Å². The topological polar surface area (TPSA) is 62.3 Å². The average Bonchev–Trinajstić information content (AvgIpc) is 2.76. The van der Waals surface area contributed by atoms with Crippen molar-refractivity contribution in [2.24, 2.45) is 4.99 Å². The molecule has 34 heavy (non-hydrogen) atoms. The van der Waals surface area contributed by atoms with Gasteiger partial charge in [0.15, 0.2) is 0 Å². The minimum atomic E-state index is -0.509. The number of aromatic nitrogens is 1. The molecule has 0 amide bonds. The third kappa shape index (κ3) is 5.23. The molecule has 3 aromatic rings. The second-order valence-electron chi connectivity index (χ2n) is 10.2. The lowest BCUT2D eigenvalue weighted by atomic mass is 9.80. The molecule has 0 bridgehead atoms. The van der Waals surface area contributed by atoms with Crippen molar-refractivity contribution in [2.75, 3.05) is 0 Å². The maximum Gasteiger partial charge on any atom is 0.253 e. The van der Waals surface area contributed by atoms with Crippen LogP contribution in [0.3, 0.4) is 0 Å². The Morgan fingerprint density at radius 3 is 2.00 bits per heavy atom. The van der Waals surface area contributed by atoms with Crippen LogP contribution in [0.2, 0.25) is 5.15 Å². The number of benzene rings is 2. The van der Waals surface area contributed by atoms with Gasteiger partial charge in [-0.15, -0.1) is 0 Å². The zero-order chi connectivity index (χ0) is 25.2. The summed E-state index contributed by atoms with van der Waals surface area (Å²) in [7, 11) is 0. The van der Waals surface area contributed by atoms with E-state index in [2.05, 4.69) is 37.7 Å². The Kier molecular flexibility index (Phi) is 7.62. The Hall–Kier alpha value is -2.98. The lowest BCUT2D eigenvalue weighted by molar-refractivity contribution is 0.107. The summed E-state index contributed by atoms with van der Waals surface area (Å²) in [5, 5.41) is 0.0227. The van der Waals surface area contributed by atoms with Crippen molar-refractivity contribution in [3.8, 4) is 11.1 Å². The maximum atomic E-state index is 13.6. The number of halogens is 1. The van der Waals surface area contributed by atoms with Gasteiger partial charge >= 0.3 is 0 Å². The van der Waals surface area contributed by atoms with Gasteiger partial charge < -0.3 is 4.98 Å². The van der Waals surface area contributed by atoms with E-state index in [9.17, 15) is 9.59 Å². The average molecular weight is 477 g/mol. The molecule has 2 aromatic carbocycles. The van der Waals surface area contributed by atoms with E-state index in [1.807, 2.05) is 69.3 Å². The number of para-hydroxylation sites is 1. The van der Waals surface area contributed by atoms with E-state index >= 15 is 0 Å². The monoisotopic (exact) mass is 476 g/mol. The highest BCUT2D eigenvalue weighted by Gasteiger charge is 2.29. The van der Waals surface area contributed by atoms with Crippen LogP contribution >= 0.6 is 11.6 Å². The summed E-state index contributed by atoms with van der Waals surface area (Å²) >= 11 is 6.51. The number of rotatable bonds is 6. The molecule has 5 heteroatoms. The molecule has 0 aliphatic heterocycles. The van der Waals surface area contributed by atoms with Gasteiger partial charge in [-0.05, 0) is 33.9 Å². The lowest BCUT2D eigenvalue weighted by Crippen LogP contribution is -2.28. The fourth-order valence-corrected chi connectivity index (χ4v) is 4.54. The summed E-state index contributed by atoms with van der Waals surface area (Å²) < 4.78 is 0. The van der Waals surface area contributed by atoms with Gasteiger partial charge in [-0.3, -0.25) is 14.6 Å². The number of hydrogen-bond acceptors (Lipinski definition) is 3. The van der Waals surface area contributed by atoms with E-state index in [1.165, 1.54) is 6.21 Å². The molecular formula is C29H33ClN2O2. The van der Waals surface area contributed by atoms with Gasteiger partial charge in [-0.25, -0.2) is 0 Å².